The molecule has 3 fully saturated rings. The van der Waals surface area contributed by atoms with Crippen LogP contribution in [-0.4, -0.2) is 33.5 Å². The first-order valence-electron chi connectivity index (χ1n) is 11.8. The van der Waals surface area contributed by atoms with E-state index in [2.05, 4.69) is 20.8 Å². The predicted octanol–water partition coefficient (Wildman–Crippen LogP) is 4.87. The molecule has 3 saturated carbocycles. The lowest BCUT2D eigenvalue weighted by Gasteiger charge is -2.57. The Morgan fingerprint density at radius 3 is 2.57 bits per heavy atom. The van der Waals surface area contributed by atoms with Gasteiger partial charge in [0.1, 0.15) is 0 Å². The molecule has 0 radical (unpaired) electrons. The summed E-state index contributed by atoms with van der Waals surface area (Å²) in [5.41, 5.74) is 0.256. The Kier molecular flexibility index (Phi) is 7.13. The van der Waals surface area contributed by atoms with E-state index in [9.17, 15) is 15.0 Å². The van der Waals surface area contributed by atoms with Crippen LogP contribution in [0.15, 0.2) is 0 Å². The summed E-state index contributed by atoms with van der Waals surface area (Å²) < 4.78 is 0. The van der Waals surface area contributed by atoms with Gasteiger partial charge in [-0.2, -0.15) is 0 Å². The second-order valence-corrected chi connectivity index (χ2v) is 10.8. The summed E-state index contributed by atoms with van der Waals surface area (Å²) in [5.74, 6) is 2.28. The van der Waals surface area contributed by atoms with Crippen LogP contribution in [0.1, 0.15) is 91.4 Å². The number of carboxylic acids is 1. The zero-order valence-electron chi connectivity index (χ0n) is 18.1. The fourth-order valence-corrected chi connectivity index (χ4v) is 7.27. The average molecular weight is 395 g/mol. The molecule has 0 aromatic carbocycles. The first-order valence-corrected chi connectivity index (χ1v) is 11.8. The molecule has 0 spiro atoms. The van der Waals surface area contributed by atoms with Gasteiger partial charge in [-0.15, -0.1) is 0 Å². The van der Waals surface area contributed by atoms with Gasteiger partial charge in [-0.1, -0.05) is 40.0 Å². The summed E-state index contributed by atoms with van der Waals surface area (Å²) in [7, 11) is 0. The number of aliphatic carboxylic acids is 1. The number of carboxylic acid groups (broad SMARTS) is 1. The zero-order valence-corrected chi connectivity index (χ0v) is 18.1. The molecule has 3 aliphatic rings. The van der Waals surface area contributed by atoms with E-state index in [-0.39, 0.29) is 24.0 Å². The molecule has 0 heterocycles. The van der Waals surface area contributed by atoms with Crippen LogP contribution in [0.25, 0.3) is 0 Å². The maximum absolute atomic E-state index is 11.1. The summed E-state index contributed by atoms with van der Waals surface area (Å²) in [6.45, 7) is 7.02. The maximum atomic E-state index is 11.1. The Morgan fingerprint density at radius 2 is 1.86 bits per heavy atom. The largest absolute Gasteiger partial charge is 0.481 e. The van der Waals surface area contributed by atoms with Crippen molar-refractivity contribution in [3.8, 4) is 0 Å². The highest BCUT2D eigenvalue weighted by molar-refractivity contribution is 5.66. The fraction of sp³-hybridized carbons (Fsp3) is 0.958. The molecule has 3 N–H and O–H groups in total. The van der Waals surface area contributed by atoms with Crippen molar-refractivity contribution in [2.24, 2.45) is 40.9 Å². The smallest absolute Gasteiger partial charge is 0.303 e. The van der Waals surface area contributed by atoms with Crippen LogP contribution < -0.4 is 0 Å². The van der Waals surface area contributed by atoms with E-state index < -0.39 is 5.97 Å². The topological polar surface area (TPSA) is 77.8 Å². The minimum absolute atomic E-state index is 0.185. The van der Waals surface area contributed by atoms with E-state index in [1.807, 2.05) is 0 Å². The van der Waals surface area contributed by atoms with Gasteiger partial charge < -0.3 is 15.3 Å². The molecule has 0 aliphatic heterocycles. The lowest BCUT2D eigenvalue weighted by Crippen LogP contribution is -2.54. The van der Waals surface area contributed by atoms with Crippen LogP contribution in [0.3, 0.4) is 0 Å². The first-order chi connectivity index (χ1) is 13.2. The van der Waals surface area contributed by atoms with Gasteiger partial charge in [0.15, 0.2) is 0 Å². The molecule has 0 amide bonds. The van der Waals surface area contributed by atoms with Crippen LogP contribution in [-0.2, 0) is 4.79 Å². The number of carbonyl (C=O) groups is 1. The molecule has 0 aromatic rings. The SMILES string of the molecule is CC1CCC([C@H](C)CCC(=O)O)CCCC2C1[C@H](O)C[C@@H]1C[C@H](O)CC[C@]21C. The van der Waals surface area contributed by atoms with E-state index in [4.69, 9.17) is 5.11 Å². The summed E-state index contributed by atoms with van der Waals surface area (Å²) in [6.07, 6.45) is 10.2. The van der Waals surface area contributed by atoms with Gasteiger partial charge in [0.2, 0.25) is 0 Å². The van der Waals surface area contributed by atoms with E-state index in [0.29, 0.717) is 35.5 Å². The summed E-state index contributed by atoms with van der Waals surface area (Å²) in [5, 5.41) is 30.3. The Labute approximate surface area is 171 Å². The molecule has 0 saturated heterocycles. The van der Waals surface area contributed by atoms with E-state index in [1.165, 1.54) is 19.3 Å². The van der Waals surface area contributed by atoms with Crippen molar-refractivity contribution in [3.05, 3.63) is 0 Å². The van der Waals surface area contributed by atoms with Gasteiger partial charge in [-0.05, 0) is 85.9 Å². The van der Waals surface area contributed by atoms with Gasteiger partial charge in [0, 0.05) is 6.42 Å². The van der Waals surface area contributed by atoms with E-state index in [1.54, 1.807) is 0 Å². The minimum atomic E-state index is -0.684. The molecule has 28 heavy (non-hydrogen) atoms. The highest BCUT2D eigenvalue weighted by atomic mass is 16.4. The van der Waals surface area contributed by atoms with Gasteiger partial charge in [-0.3, -0.25) is 4.79 Å². The third-order valence-corrected chi connectivity index (χ3v) is 9.15. The van der Waals surface area contributed by atoms with Crippen molar-refractivity contribution in [1.29, 1.82) is 0 Å². The molecule has 0 aromatic heterocycles. The van der Waals surface area contributed by atoms with E-state index in [0.717, 1.165) is 44.9 Å². The third kappa shape index (κ3) is 4.59. The first kappa shape index (κ1) is 22.1. The molecular weight excluding hydrogens is 352 g/mol. The number of rotatable bonds is 4. The number of aliphatic hydroxyl groups is 2. The van der Waals surface area contributed by atoms with E-state index >= 15 is 0 Å². The number of hydrogen-bond acceptors (Lipinski definition) is 3. The Morgan fingerprint density at radius 1 is 1.11 bits per heavy atom. The highest BCUT2D eigenvalue weighted by Gasteiger charge is 2.54. The van der Waals surface area contributed by atoms with Gasteiger partial charge in [-0.25, -0.2) is 0 Å². The third-order valence-electron chi connectivity index (χ3n) is 9.15. The second kappa shape index (κ2) is 9.04. The lowest BCUT2D eigenvalue weighted by atomic mass is 9.49. The van der Waals surface area contributed by atoms with Crippen LogP contribution in [0.5, 0.6) is 0 Å². The molecule has 4 nitrogen and oxygen atoms in total. The van der Waals surface area contributed by atoms with Crippen molar-refractivity contribution >= 4 is 5.97 Å². The molecule has 9 atom stereocenters. The zero-order chi connectivity index (χ0) is 20.5. The predicted molar refractivity (Wildman–Crippen MR) is 111 cm³/mol. The highest BCUT2D eigenvalue weighted by Crippen LogP contribution is 2.59. The Hall–Kier alpha value is -0.610. The number of aliphatic hydroxyl groups excluding tert-OH is 2. The van der Waals surface area contributed by atoms with Crippen LogP contribution in [0.4, 0.5) is 0 Å². The Balaban J connectivity index is 1.74. The van der Waals surface area contributed by atoms with Crippen molar-refractivity contribution < 1.29 is 20.1 Å². The molecule has 3 rings (SSSR count). The van der Waals surface area contributed by atoms with Crippen LogP contribution >= 0.6 is 0 Å². The molecule has 162 valence electrons. The number of fused-ring (bicyclic) bond motifs is 3. The second-order valence-electron chi connectivity index (χ2n) is 10.8. The quantitative estimate of drug-likeness (QED) is 0.636. The van der Waals surface area contributed by atoms with Gasteiger partial charge in [0.25, 0.3) is 0 Å². The standard InChI is InChI=1S/C24H42O4/c1-15(8-10-22(27)28)17-5-4-6-20-23(16(2)7-9-17)21(26)14-18-13-19(25)11-12-24(18,20)3/h15-21,23,25-26H,4-14H2,1-3H3,(H,27,28)/t15-,16?,17?,18+,19-,20?,21-,23?,24+/m1/s1. The van der Waals surface area contributed by atoms with Crippen molar-refractivity contribution in [1.82, 2.24) is 0 Å². The van der Waals surface area contributed by atoms with Crippen LogP contribution in [0.2, 0.25) is 0 Å². The lowest BCUT2D eigenvalue weighted by molar-refractivity contribution is -0.137. The average Bonchev–Trinajstić information content (AvgIpc) is 2.71. The van der Waals surface area contributed by atoms with Crippen molar-refractivity contribution in [3.63, 3.8) is 0 Å². The van der Waals surface area contributed by atoms with Crippen molar-refractivity contribution in [2.45, 2.75) is 104 Å². The van der Waals surface area contributed by atoms with Crippen molar-refractivity contribution in [2.75, 3.05) is 0 Å². The molecule has 3 aliphatic carbocycles. The maximum Gasteiger partial charge on any atom is 0.303 e. The molecule has 0 bridgehead atoms. The summed E-state index contributed by atoms with van der Waals surface area (Å²) in [6, 6.07) is 0. The monoisotopic (exact) mass is 394 g/mol. The van der Waals surface area contributed by atoms with Crippen LogP contribution in [0, 0.1) is 40.9 Å². The minimum Gasteiger partial charge on any atom is -0.481 e. The molecule has 4 unspecified atom stereocenters. The normalized spacial score (nSPS) is 45.7. The van der Waals surface area contributed by atoms with Gasteiger partial charge in [0.05, 0.1) is 12.2 Å². The summed E-state index contributed by atoms with van der Waals surface area (Å²) in [4.78, 5) is 11.0. The fourth-order valence-electron chi connectivity index (χ4n) is 7.27. The molecule has 4 heteroatoms. The number of hydrogen-bond donors (Lipinski definition) is 3. The summed E-state index contributed by atoms with van der Waals surface area (Å²) >= 11 is 0. The van der Waals surface area contributed by atoms with Gasteiger partial charge >= 0.3 is 5.97 Å². The Bertz CT molecular complexity index is 535. The molecular formula is C24H42O4.